The van der Waals surface area contributed by atoms with Crippen LogP contribution >= 0.6 is 46.7 Å². The first-order valence-electron chi connectivity index (χ1n) is 6.56. The Bertz CT molecular complexity index is 743. The van der Waals surface area contributed by atoms with E-state index in [1.165, 1.54) is 17.3 Å². The van der Waals surface area contributed by atoms with Crippen LogP contribution in [0.3, 0.4) is 0 Å². The Balaban J connectivity index is 1.67. The Morgan fingerprint density at radius 2 is 1.68 bits per heavy atom. The number of H-pyrrole nitrogens is 1. The summed E-state index contributed by atoms with van der Waals surface area (Å²) in [6.45, 7) is 0. The fourth-order valence-electron chi connectivity index (χ4n) is 1.79. The summed E-state index contributed by atoms with van der Waals surface area (Å²) in [5.74, 6) is 0.857. The van der Waals surface area contributed by atoms with Crippen LogP contribution in [-0.4, -0.2) is 9.97 Å². The molecule has 6 heteroatoms. The predicted molar refractivity (Wildman–Crippen MR) is 95.2 cm³/mol. The number of aromatic nitrogens is 2. The van der Waals surface area contributed by atoms with E-state index in [-0.39, 0.29) is 0 Å². The van der Waals surface area contributed by atoms with Gasteiger partial charge in [0.15, 0.2) is 5.16 Å². The molecule has 0 fully saturated rings. The number of imidazole rings is 1. The van der Waals surface area contributed by atoms with Crippen molar-refractivity contribution in [2.45, 2.75) is 20.8 Å². The Morgan fingerprint density at radius 3 is 2.41 bits per heavy atom. The van der Waals surface area contributed by atoms with Crippen molar-refractivity contribution in [2.24, 2.45) is 0 Å². The first-order valence-corrected chi connectivity index (χ1v) is 9.12. The number of thioether (sulfide) groups is 1. The Labute approximate surface area is 147 Å². The van der Waals surface area contributed by atoms with Gasteiger partial charge in [0.2, 0.25) is 0 Å². The summed E-state index contributed by atoms with van der Waals surface area (Å²) < 4.78 is 0. The molecule has 1 N–H and O–H groups in total. The third-order valence-corrected chi connectivity index (χ3v) is 5.43. The highest BCUT2D eigenvalue weighted by Gasteiger charge is 2.10. The van der Waals surface area contributed by atoms with E-state index in [0.717, 1.165) is 25.9 Å². The first-order chi connectivity index (χ1) is 10.7. The second kappa shape index (κ2) is 7.47. The van der Waals surface area contributed by atoms with Crippen molar-refractivity contribution in [3.63, 3.8) is 0 Å². The molecule has 0 amide bonds. The smallest absolute Gasteiger partial charge is 0.168 e. The van der Waals surface area contributed by atoms with E-state index < -0.39 is 0 Å². The van der Waals surface area contributed by atoms with Crippen molar-refractivity contribution in [2.75, 3.05) is 0 Å². The molecule has 2 aromatic carbocycles. The number of benzene rings is 2. The summed E-state index contributed by atoms with van der Waals surface area (Å²) in [6, 6.07) is 17.9. The highest BCUT2D eigenvalue weighted by molar-refractivity contribution is 7.99. The lowest BCUT2D eigenvalue weighted by Gasteiger charge is -1.98. The summed E-state index contributed by atoms with van der Waals surface area (Å²) in [4.78, 5) is 8.72. The number of nitrogens with one attached hydrogen (secondary N) is 1. The van der Waals surface area contributed by atoms with E-state index in [1.807, 2.05) is 42.5 Å². The topological polar surface area (TPSA) is 28.7 Å². The van der Waals surface area contributed by atoms with Crippen LogP contribution in [0.2, 0.25) is 10.2 Å². The van der Waals surface area contributed by atoms with Crippen molar-refractivity contribution in [3.8, 4) is 0 Å². The molecular weight excluding hydrogens is 355 g/mol. The van der Waals surface area contributed by atoms with Gasteiger partial charge in [-0.15, -0.1) is 0 Å². The molecule has 0 saturated heterocycles. The van der Waals surface area contributed by atoms with Crippen molar-refractivity contribution in [1.82, 2.24) is 9.97 Å². The average Bonchev–Trinajstić information content (AvgIpc) is 2.89. The number of halogens is 2. The van der Waals surface area contributed by atoms with E-state index in [9.17, 15) is 0 Å². The Kier molecular flexibility index (Phi) is 5.37. The number of aromatic amines is 1. The first kappa shape index (κ1) is 15.8. The van der Waals surface area contributed by atoms with Crippen molar-refractivity contribution >= 4 is 46.7 Å². The lowest BCUT2D eigenvalue weighted by atomic mass is 10.2. The minimum atomic E-state index is 0.565. The van der Waals surface area contributed by atoms with Gasteiger partial charge in [0.1, 0.15) is 10.2 Å². The van der Waals surface area contributed by atoms with E-state index in [2.05, 4.69) is 22.1 Å². The summed E-state index contributed by atoms with van der Waals surface area (Å²) in [5, 5.41) is 2.89. The molecule has 1 heterocycles. The molecule has 0 aliphatic rings. The maximum atomic E-state index is 6.23. The Morgan fingerprint density at radius 1 is 0.955 bits per heavy atom. The summed E-state index contributed by atoms with van der Waals surface area (Å²) in [6.07, 6.45) is 0. The van der Waals surface area contributed by atoms with Crippen LogP contribution in [0.4, 0.5) is 0 Å². The molecule has 0 aliphatic carbocycles. The quantitative estimate of drug-likeness (QED) is 0.548. The van der Waals surface area contributed by atoms with Crippen LogP contribution in [0.5, 0.6) is 0 Å². The molecule has 2 nitrogen and oxygen atoms in total. The second-order valence-electron chi connectivity index (χ2n) is 4.49. The van der Waals surface area contributed by atoms with Crippen LogP contribution in [0, 0.1) is 0 Å². The predicted octanol–water partition coefficient (Wildman–Crippen LogP) is 6.16. The van der Waals surface area contributed by atoms with Gasteiger partial charge in [0.25, 0.3) is 0 Å². The minimum Gasteiger partial charge on any atom is -0.323 e. The van der Waals surface area contributed by atoms with Gasteiger partial charge >= 0.3 is 0 Å². The molecule has 0 radical (unpaired) electrons. The van der Waals surface area contributed by atoms with Crippen molar-refractivity contribution in [3.05, 3.63) is 70.3 Å². The molecule has 22 heavy (non-hydrogen) atoms. The molecule has 0 bridgehead atoms. The second-order valence-corrected chi connectivity index (χ2v) is 7.33. The van der Waals surface area contributed by atoms with Gasteiger partial charge in [-0.2, -0.15) is 0 Å². The zero-order valence-corrected chi connectivity index (χ0v) is 14.6. The van der Waals surface area contributed by atoms with Gasteiger partial charge in [0.05, 0.1) is 0 Å². The SMILES string of the molecule is Clc1ccc(Sc2nc(SCc3ccccc3)[nH]c2Cl)cc1. The number of hydrogen-bond acceptors (Lipinski definition) is 3. The van der Waals surface area contributed by atoms with Gasteiger partial charge in [-0.3, -0.25) is 0 Å². The fourth-order valence-corrected chi connectivity index (χ4v) is 3.88. The maximum absolute atomic E-state index is 6.23. The zero-order valence-electron chi connectivity index (χ0n) is 11.4. The number of rotatable bonds is 5. The van der Waals surface area contributed by atoms with Crippen LogP contribution < -0.4 is 0 Å². The van der Waals surface area contributed by atoms with Crippen molar-refractivity contribution in [1.29, 1.82) is 0 Å². The molecule has 3 aromatic rings. The lowest BCUT2D eigenvalue weighted by molar-refractivity contribution is 1.02. The molecule has 0 unspecified atom stereocenters. The minimum absolute atomic E-state index is 0.565. The van der Waals surface area contributed by atoms with Crippen LogP contribution in [0.15, 0.2) is 69.7 Å². The third-order valence-electron chi connectivity index (χ3n) is 2.85. The van der Waals surface area contributed by atoms with E-state index in [1.54, 1.807) is 11.8 Å². The van der Waals surface area contributed by atoms with E-state index >= 15 is 0 Å². The summed E-state index contributed by atoms with van der Waals surface area (Å²) in [5.41, 5.74) is 1.26. The summed E-state index contributed by atoms with van der Waals surface area (Å²) in [7, 11) is 0. The molecule has 112 valence electrons. The van der Waals surface area contributed by atoms with Crippen molar-refractivity contribution < 1.29 is 0 Å². The molecule has 0 atom stereocenters. The van der Waals surface area contributed by atoms with Gasteiger partial charge < -0.3 is 4.98 Å². The lowest BCUT2D eigenvalue weighted by Crippen LogP contribution is -1.80. The largest absolute Gasteiger partial charge is 0.323 e. The normalized spacial score (nSPS) is 10.8. The third kappa shape index (κ3) is 4.23. The molecule has 3 rings (SSSR count). The van der Waals surface area contributed by atoms with Crippen LogP contribution in [0.25, 0.3) is 0 Å². The van der Waals surface area contributed by atoms with Crippen LogP contribution in [-0.2, 0) is 5.75 Å². The summed E-state index contributed by atoms with van der Waals surface area (Å²) >= 11 is 15.3. The highest BCUT2D eigenvalue weighted by atomic mass is 35.5. The average molecular weight is 367 g/mol. The van der Waals surface area contributed by atoms with Gasteiger partial charge in [-0.25, -0.2) is 4.98 Å². The molecular formula is C16H12Cl2N2S2. The molecule has 0 saturated carbocycles. The number of hydrogen-bond donors (Lipinski definition) is 1. The maximum Gasteiger partial charge on any atom is 0.168 e. The van der Waals surface area contributed by atoms with Gasteiger partial charge in [-0.05, 0) is 29.8 Å². The standard InChI is InChI=1S/C16H12Cl2N2S2/c17-12-6-8-13(9-7-12)22-15-14(18)19-16(20-15)21-10-11-4-2-1-3-5-11/h1-9H,10H2,(H,19,20). The van der Waals surface area contributed by atoms with Gasteiger partial charge in [-0.1, -0.05) is 77.1 Å². The van der Waals surface area contributed by atoms with E-state index in [0.29, 0.717) is 5.15 Å². The Hall–Kier alpha value is -1.07. The van der Waals surface area contributed by atoms with E-state index in [4.69, 9.17) is 23.2 Å². The molecule has 1 aromatic heterocycles. The number of nitrogens with zero attached hydrogens (tertiary/aromatic N) is 1. The monoisotopic (exact) mass is 366 g/mol. The van der Waals surface area contributed by atoms with Gasteiger partial charge in [0, 0.05) is 15.7 Å². The zero-order chi connectivity index (χ0) is 15.4. The molecule has 0 aliphatic heterocycles. The molecule has 0 spiro atoms. The fraction of sp³-hybridized carbons (Fsp3) is 0.0625. The van der Waals surface area contributed by atoms with Crippen LogP contribution in [0.1, 0.15) is 5.56 Å². The highest BCUT2D eigenvalue weighted by Crippen LogP contribution is 2.34.